The van der Waals surface area contributed by atoms with E-state index in [0.29, 0.717) is 6.41 Å². The first-order valence-electron chi connectivity index (χ1n) is 8.34. The Hall–Kier alpha value is -2.29. The summed E-state index contributed by atoms with van der Waals surface area (Å²) >= 11 is 1.56. The van der Waals surface area contributed by atoms with Gasteiger partial charge >= 0.3 is 0 Å². The molecule has 26 heavy (non-hydrogen) atoms. The number of rotatable bonds is 6. The van der Waals surface area contributed by atoms with Gasteiger partial charge in [-0.3, -0.25) is 9.59 Å². The molecule has 0 spiro atoms. The topological polar surface area (TPSA) is 103 Å². The number of thiazole rings is 1. The number of nitrogens with zero attached hydrogens (tertiary/aromatic N) is 2. The number of hydrogen-bond acceptors (Lipinski definition) is 6. The molecular weight excluding hydrogens is 354 g/mol. The van der Waals surface area contributed by atoms with Gasteiger partial charge in [-0.25, -0.2) is 4.98 Å². The third-order valence-electron chi connectivity index (χ3n) is 4.58. The number of carbonyl (C=O) groups is 2. The van der Waals surface area contributed by atoms with E-state index in [2.05, 4.69) is 10.3 Å². The van der Waals surface area contributed by atoms with Crippen LogP contribution in [0.5, 0.6) is 0 Å². The first-order valence-corrected chi connectivity index (χ1v) is 9.22. The molecule has 1 aliphatic heterocycles. The summed E-state index contributed by atoms with van der Waals surface area (Å²) in [6.45, 7) is 1.83. The second-order valence-electron chi connectivity index (χ2n) is 6.34. The lowest BCUT2D eigenvalue weighted by Crippen LogP contribution is -2.44. The first-order chi connectivity index (χ1) is 12.5. The van der Waals surface area contributed by atoms with E-state index in [-0.39, 0.29) is 25.5 Å². The number of amides is 2. The summed E-state index contributed by atoms with van der Waals surface area (Å²) in [5.41, 5.74) is 4.55. The fourth-order valence-corrected chi connectivity index (χ4v) is 3.97. The Morgan fingerprint density at radius 3 is 2.77 bits per heavy atom. The Kier molecular flexibility index (Phi) is 5.65. The van der Waals surface area contributed by atoms with E-state index < -0.39 is 18.2 Å². The zero-order chi connectivity index (χ0) is 18.7. The van der Waals surface area contributed by atoms with E-state index >= 15 is 0 Å². The summed E-state index contributed by atoms with van der Waals surface area (Å²) in [5, 5.41) is 22.1. The van der Waals surface area contributed by atoms with Gasteiger partial charge in [0.05, 0.1) is 34.8 Å². The van der Waals surface area contributed by atoms with Crippen molar-refractivity contribution in [1.29, 1.82) is 0 Å². The number of carbonyl (C=O) groups excluding carboxylic acids is 2. The van der Waals surface area contributed by atoms with Crippen LogP contribution in [-0.2, 0) is 9.59 Å². The van der Waals surface area contributed by atoms with Crippen LogP contribution in [0.15, 0.2) is 29.8 Å². The van der Waals surface area contributed by atoms with Gasteiger partial charge < -0.3 is 20.4 Å². The van der Waals surface area contributed by atoms with E-state index in [0.717, 1.165) is 21.7 Å². The minimum Gasteiger partial charge on any atom is -0.394 e. The molecule has 2 aromatic rings. The van der Waals surface area contributed by atoms with Crippen molar-refractivity contribution in [3.63, 3.8) is 0 Å². The molecule has 1 aliphatic rings. The lowest BCUT2D eigenvalue weighted by atomic mass is 10.0. The van der Waals surface area contributed by atoms with Crippen LogP contribution in [0, 0.1) is 6.92 Å². The molecule has 2 amide bonds. The van der Waals surface area contributed by atoms with Gasteiger partial charge in [-0.2, -0.15) is 0 Å². The first kappa shape index (κ1) is 18.5. The van der Waals surface area contributed by atoms with Gasteiger partial charge in [0.1, 0.15) is 6.04 Å². The molecule has 0 aliphatic carbocycles. The van der Waals surface area contributed by atoms with Crippen molar-refractivity contribution in [3.05, 3.63) is 41.0 Å². The molecule has 1 aromatic carbocycles. The summed E-state index contributed by atoms with van der Waals surface area (Å²) in [6, 6.07) is 6.29. The number of aryl methyl sites for hydroxylation is 1. The van der Waals surface area contributed by atoms with Crippen LogP contribution < -0.4 is 5.32 Å². The lowest BCUT2D eigenvalue weighted by molar-refractivity contribution is -0.131. The van der Waals surface area contributed by atoms with Crippen LogP contribution in [0.25, 0.3) is 10.4 Å². The molecule has 3 atom stereocenters. The van der Waals surface area contributed by atoms with Gasteiger partial charge in [0, 0.05) is 13.0 Å². The third kappa shape index (κ3) is 3.77. The van der Waals surface area contributed by atoms with Crippen LogP contribution in [0.4, 0.5) is 0 Å². The molecular formula is C18H21N3O4S. The highest BCUT2D eigenvalue weighted by Crippen LogP contribution is 2.28. The number of aliphatic hydroxyl groups is 2. The largest absolute Gasteiger partial charge is 0.394 e. The second-order valence-corrected chi connectivity index (χ2v) is 7.19. The molecule has 0 bridgehead atoms. The normalized spacial score (nSPS) is 20.8. The number of likely N-dealkylation sites (tertiary alicyclic amines) is 1. The molecule has 8 heteroatoms. The maximum atomic E-state index is 12.5. The number of aromatic nitrogens is 1. The van der Waals surface area contributed by atoms with Gasteiger partial charge in [-0.05, 0) is 18.1 Å². The molecule has 2 heterocycles. The van der Waals surface area contributed by atoms with Gasteiger partial charge in [0.2, 0.25) is 12.3 Å². The van der Waals surface area contributed by atoms with Gasteiger partial charge in [0.15, 0.2) is 0 Å². The van der Waals surface area contributed by atoms with Crippen molar-refractivity contribution in [2.24, 2.45) is 0 Å². The summed E-state index contributed by atoms with van der Waals surface area (Å²) < 4.78 is 0. The van der Waals surface area contributed by atoms with Crippen LogP contribution in [0.3, 0.4) is 0 Å². The molecule has 1 fully saturated rings. The summed E-state index contributed by atoms with van der Waals surface area (Å²) in [5.74, 6) is -0.380. The van der Waals surface area contributed by atoms with Crippen LogP contribution >= 0.6 is 11.3 Å². The third-order valence-corrected chi connectivity index (χ3v) is 5.55. The van der Waals surface area contributed by atoms with E-state index in [1.54, 1.807) is 16.8 Å². The summed E-state index contributed by atoms with van der Waals surface area (Å²) in [4.78, 5) is 30.1. The second kappa shape index (κ2) is 7.94. The minimum atomic E-state index is -0.712. The summed E-state index contributed by atoms with van der Waals surface area (Å²) in [6.07, 6.45) is 0.0675. The molecule has 7 nitrogen and oxygen atoms in total. The van der Waals surface area contributed by atoms with Crippen molar-refractivity contribution in [1.82, 2.24) is 15.2 Å². The fourth-order valence-electron chi connectivity index (χ4n) is 3.16. The van der Waals surface area contributed by atoms with Gasteiger partial charge in [-0.15, -0.1) is 11.3 Å². The quantitative estimate of drug-likeness (QED) is 0.650. The monoisotopic (exact) mass is 375 g/mol. The smallest absolute Gasteiger partial charge is 0.243 e. The maximum Gasteiger partial charge on any atom is 0.243 e. The molecule has 3 rings (SSSR count). The molecule has 138 valence electrons. The average Bonchev–Trinajstić information content (AvgIpc) is 3.25. The predicted molar refractivity (Wildman–Crippen MR) is 97.4 cm³/mol. The van der Waals surface area contributed by atoms with Crippen LogP contribution in [-0.4, -0.2) is 57.7 Å². The van der Waals surface area contributed by atoms with E-state index in [1.165, 1.54) is 4.90 Å². The molecule has 1 saturated heterocycles. The fraction of sp³-hybridized carbons (Fsp3) is 0.389. The summed E-state index contributed by atoms with van der Waals surface area (Å²) in [7, 11) is 0. The molecule has 3 N–H and O–H groups in total. The number of β-amino-alcohol motifs (C(OH)–C–C–N with tert-alkyl or cyclic N) is 1. The standard InChI is InChI=1S/C18H21N3O4S/c1-11-17(26-9-19-11)13-4-2-12(3-5-13)15(8-22)20-18(25)16-6-14(24)7-21(16)10-23/h2-5,9-10,14-16,22,24H,6-8H2,1H3,(H,20,25). The number of benzene rings is 1. The van der Waals surface area contributed by atoms with Crippen LogP contribution in [0.2, 0.25) is 0 Å². The molecule has 0 saturated carbocycles. The zero-order valence-corrected chi connectivity index (χ0v) is 15.1. The maximum absolute atomic E-state index is 12.5. The molecule has 0 radical (unpaired) electrons. The zero-order valence-electron chi connectivity index (χ0n) is 14.3. The highest BCUT2D eigenvalue weighted by molar-refractivity contribution is 7.13. The average molecular weight is 375 g/mol. The van der Waals surface area contributed by atoms with Crippen molar-refractivity contribution >= 4 is 23.7 Å². The Morgan fingerprint density at radius 1 is 1.46 bits per heavy atom. The highest BCUT2D eigenvalue weighted by atomic mass is 32.1. The van der Waals surface area contributed by atoms with E-state index in [9.17, 15) is 19.8 Å². The molecule has 1 aromatic heterocycles. The van der Waals surface area contributed by atoms with E-state index in [4.69, 9.17) is 0 Å². The Morgan fingerprint density at radius 2 is 2.19 bits per heavy atom. The van der Waals surface area contributed by atoms with Gasteiger partial charge in [-0.1, -0.05) is 24.3 Å². The Labute approximate surface area is 155 Å². The number of aliphatic hydroxyl groups excluding tert-OH is 2. The Balaban J connectivity index is 1.71. The SMILES string of the molecule is Cc1ncsc1-c1ccc(C(CO)NC(=O)C2CC(O)CN2C=O)cc1. The number of nitrogens with one attached hydrogen (secondary N) is 1. The minimum absolute atomic E-state index is 0.147. The van der Waals surface area contributed by atoms with Crippen molar-refractivity contribution in [2.45, 2.75) is 31.5 Å². The van der Waals surface area contributed by atoms with E-state index in [1.807, 2.05) is 31.2 Å². The van der Waals surface area contributed by atoms with Crippen molar-refractivity contribution in [3.8, 4) is 10.4 Å². The van der Waals surface area contributed by atoms with Crippen molar-refractivity contribution in [2.75, 3.05) is 13.2 Å². The molecule has 3 unspecified atom stereocenters. The van der Waals surface area contributed by atoms with Crippen molar-refractivity contribution < 1.29 is 19.8 Å². The lowest BCUT2D eigenvalue weighted by Gasteiger charge is -2.23. The predicted octanol–water partition coefficient (Wildman–Crippen LogP) is 0.860. The van der Waals surface area contributed by atoms with Gasteiger partial charge in [0.25, 0.3) is 0 Å². The highest BCUT2D eigenvalue weighted by Gasteiger charge is 2.35. The van der Waals surface area contributed by atoms with Crippen LogP contribution in [0.1, 0.15) is 23.7 Å². The number of hydrogen-bond donors (Lipinski definition) is 3. The Bertz CT molecular complexity index is 777.